The summed E-state index contributed by atoms with van der Waals surface area (Å²) in [6.07, 6.45) is 0. The summed E-state index contributed by atoms with van der Waals surface area (Å²) in [6.45, 7) is 9.80. The molecular weight excluding hydrogens is 412 g/mol. The van der Waals surface area contributed by atoms with Gasteiger partial charge in [-0.25, -0.2) is 0 Å². The van der Waals surface area contributed by atoms with E-state index in [9.17, 15) is 10.1 Å². The Bertz CT molecular complexity index is 786. The van der Waals surface area contributed by atoms with Gasteiger partial charge in [-0.1, -0.05) is 15.9 Å². The third-order valence-electron chi connectivity index (χ3n) is 3.76. The first kappa shape index (κ1) is 21.2. The third kappa shape index (κ3) is 6.52. The zero-order valence-corrected chi connectivity index (χ0v) is 17.6. The third-order valence-corrected chi connectivity index (χ3v) is 4.50. The molecule has 0 fully saturated rings. The molecule has 146 valence electrons. The Labute approximate surface area is 168 Å². The van der Waals surface area contributed by atoms with Crippen molar-refractivity contribution in [3.05, 3.63) is 62.1 Å². The molecule has 7 heteroatoms. The van der Waals surface area contributed by atoms with E-state index in [0.717, 1.165) is 15.6 Å². The number of halogens is 1. The lowest BCUT2D eigenvalue weighted by Gasteiger charge is -2.22. The number of nitrogens with one attached hydrogen (secondary N) is 1. The average molecular weight is 437 g/mol. The van der Waals surface area contributed by atoms with Gasteiger partial charge in [-0.3, -0.25) is 10.1 Å². The van der Waals surface area contributed by atoms with Crippen LogP contribution in [0.5, 0.6) is 11.5 Å². The monoisotopic (exact) mass is 436 g/mol. The SMILES string of the molecule is CCOc1cc(CNC(C)(C)C)c(Br)cc1OCc1ccc([N+](=O)[O-])cc1. The standard InChI is InChI=1S/C20H25BrN2O4/c1-5-26-18-10-15(12-22-20(2,3)4)17(21)11-19(18)27-13-14-6-8-16(9-7-14)23(24)25/h6-11,22H,5,12-13H2,1-4H3. The van der Waals surface area contributed by atoms with Crippen molar-refractivity contribution >= 4 is 21.6 Å². The zero-order valence-electron chi connectivity index (χ0n) is 16.0. The molecule has 0 bridgehead atoms. The van der Waals surface area contributed by atoms with E-state index in [1.54, 1.807) is 12.1 Å². The predicted octanol–water partition coefficient (Wildman–Crippen LogP) is 5.22. The second kappa shape index (κ2) is 9.19. The van der Waals surface area contributed by atoms with E-state index in [4.69, 9.17) is 9.47 Å². The summed E-state index contributed by atoms with van der Waals surface area (Å²) in [7, 11) is 0. The van der Waals surface area contributed by atoms with Crippen molar-refractivity contribution in [3.63, 3.8) is 0 Å². The molecule has 0 amide bonds. The van der Waals surface area contributed by atoms with Crippen LogP contribution in [0.25, 0.3) is 0 Å². The molecule has 2 aromatic carbocycles. The topological polar surface area (TPSA) is 73.6 Å². The molecule has 0 radical (unpaired) electrons. The van der Waals surface area contributed by atoms with Crippen LogP contribution in [0.2, 0.25) is 0 Å². The van der Waals surface area contributed by atoms with Gasteiger partial charge in [0.25, 0.3) is 5.69 Å². The number of benzene rings is 2. The number of nitrogens with zero attached hydrogens (tertiary/aromatic N) is 1. The highest BCUT2D eigenvalue weighted by atomic mass is 79.9. The Morgan fingerprint density at radius 1 is 1.11 bits per heavy atom. The first-order valence-electron chi connectivity index (χ1n) is 8.76. The van der Waals surface area contributed by atoms with Crippen molar-refractivity contribution in [1.29, 1.82) is 0 Å². The summed E-state index contributed by atoms with van der Waals surface area (Å²) in [5.41, 5.74) is 2.00. The van der Waals surface area contributed by atoms with Gasteiger partial charge in [-0.05, 0) is 63.1 Å². The largest absolute Gasteiger partial charge is 0.490 e. The minimum atomic E-state index is -0.417. The summed E-state index contributed by atoms with van der Waals surface area (Å²) in [4.78, 5) is 10.3. The number of ether oxygens (including phenoxy) is 2. The van der Waals surface area contributed by atoms with E-state index < -0.39 is 4.92 Å². The molecule has 0 aromatic heterocycles. The number of hydrogen-bond donors (Lipinski definition) is 1. The molecule has 0 aliphatic heterocycles. The number of nitro benzene ring substituents is 1. The molecule has 0 aliphatic carbocycles. The van der Waals surface area contributed by atoms with Gasteiger partial charge in [0.15, 0.2) is 11.5 Å². The maximum atomic E-state index is 10.7. The number of hydrogen-bond acceptors (Lipinski definition) is 5. The predicted molar refractivity (Wildman–Crippen MR) is 109 cm³/mol. The van der Waals surface area contributed by atoms with E-state index in [0.29, 0.717) is 31.3 Å². The summed E-state index contributed by atoms with van der Waals surface area (Å²) in [5.74, 6) is 1.30. The first-order chi connectivity index (χ1) is 12.7. The fraction of sp³-hybridized carbons (Fsp3) is 0.400. The maximum absolute atomic E-state index is 10.7. The number of non-ortho nitro benzene ring substituents is 1. The van der Waals surface area contributed by atoms with Gasteiger partial charge in [0.1, 0.15) is 6.61 Å². The summed E-state index contributed by atoms with van der Waals surface area (Å²) in [6, 6.07) is 10.2. The van der Waals surface area contributed by atoms with Crippen molar-refractivity contribution in [2.45, 2.75) is 46.4 Å². The van der Waals surface area contributed by atoms with Crippen LogP contribution < -0.4 is 14.8 Å². The van der Waals surface area contributed by atoms with Gasteiger partial charge in [0.2, 0.25) is 0 Å². The lowest BCUT2D eigenvalue weighted by Crippen LogP contribution is -2.35. The van der Waals surface area contributed by atoms with Crippen LogP contribution in [-0.2, 0) is 13.2 Å². The van der Waals surface area contributed by atoms with E-state index >= 15 is 0 Å². The quantitative estimate of drug-likeness (QED) is 0.453. The van der Waals surface area contributed by atoms with Gasteiger partial charge in [0, 0.05) is 28.7 Å². The Morgan fingerprint density at radius 3 is 2.30 bits per heavy atom. The fourth-order valence-corrected chi connectivity index (χ4v) is 2.79. The van der Waals surface area contributed by atoms with Gasteiger partial charge >= 0.3 is 0 Å². The molecule has 0 spiro atoms. The highest BCUT2D eigenvalue weighted by Gasteiger charge is 2.14. The Morgan fingerprint density at radius 2 is 1.74 bits per heavy atom. The molecule has 0 aliphatic rings. The van der Waals surface area contributed by atoms with Crippen LogP contribution in [0.15, 0.2) is 40.9 Å². The van der Waals surface area contributed by atoms with Crippen molar-refractivity contribution < 1.29 is 14.4 Å². The van der Waals surface area contributed by atoms with Crippen molar-refractivity contribution in [3.8, 4) is 11.5 Å². The molecule has 1 N–H and O–H groups in total. The highest BCUT2D eigenvalue weighted by Crippen LogP contribution is 2.34. The van der Waals surface area contributed by atoms with Crippen LogP contribution in [0.3, 0.4) is 0 Å². The minimum Gasteiger partial charge on any atom is -0.490 e. The van der Waals surface area contributed by atoms with Gasteiger partial charge in [0.05, 0.1) is 11.5 Å². The van der Waals surface area contributed by atoms with Crippen LogP contribution in [0, 0.1) is 10.1 Å². The van der Waals surface area contributed by atoms with E-state index in [1.165, 1.54) is 12.1 Å². The zero-order chi connectivity index (χ0) is 20.0. The Kier molecular flexibility index (Phi) is 7.21. The van der Waals surface area contributed by atoms with Crippen LogP contribution in [-0.4, -0.2) is 17.1 Å². The van der Waals surface area contributed by atoms with Gasteiger partial charge in [-0.15, -0.1) is 0 Å². The summed E-state index contributed by atoms with van der Waals surface area (Å²) < 4.78 is 12.6. The van der Waals surface area contributed by atoms with Crippen LogP contribution >= 0.6 is 15.9 Å². The van der Waals surface area contributed by atoms with Crippen molar-refractivity contribution in [2.75, 3.05) is 6.61 Å². The first-order valence-corrected chi connectivity index (χ1v) is 9.55. The second-order valence-corrected chi connectivity index (χ2v) is 7.99. The van der Waals surface area contributed by atoms with Crippen molar-refractivity contribution in [2.24, 2.45) is 0 Å². The normalized spacial score (nSPS) is 11.3. The second-order valence-electron chi connectivity index (χ2n) is 7.14. The molecular formula is C20H25BrN2O4. The minimum absolute atomic E-state index is 0.0102. The molecule has 0 unspecified atom stereocenters. The van der Waals surface area contributed by atoms with E-state index in [-0.39, 0.29) is 11.2 Å². The fourth-order valence-electron chi connectivity index (χ4n) is 2.33. The molecule has 0 saturated carbocycles. The molecule has 0 saturated heterocycles. The van der Waals surface area contributed by atoms with Crippen molar-refractivity contribution in [1.82, 2.24) is 5.32 Å². The maximum Gasteiger partial charge on any atom is 0.269 e. The number of nitro groups is 1. The van der Waals surface area contributed by atoms with E-state index in [2.05, 4.69) is 42.0 Å². The van der Waals surface area contributed by atoms with Gasteiger partial charge in [-0.2, -0.15) is 0 Å². The lowest BCUT2D eigenvalue weighted by atomic mass is 10.1. The van der Waals surface area contributed by atoms with Crippen LogP contribution in [0.4, 0.5) is 5.69 Å². The Balaban J connectivity index is 2.14. The smallest absolute Gasteiger partial charge is 0.269 e. The van der Waals surface area contributed by atoms with E-state index in [1.807, 2.05) is 19.1 Å². The lowest BCUT2D eigenvalue weighted by molar-refractivity contribution is -0.384. The van der Waals surface area contributed by atoms with Crippen LogP contribution in [0.1, 0.15) is 38.8 Å². The van der Waals surface area contributed by atoms with Gasteiger partial charge < -0.3 is 14.8 Å². The summed E-state index contributed by atoms with van der Waals surface area (Å²) >= 11 is 3.60. The average Bonchev–Trinajstić information content (AvgIpc) is 2.60. The molecule has 27 heavy (non-hydrogen) atoms. The molecule has 2 aromatic rings. The molecule has 0 atom stereocenters. The highest BCUT2D eigenvalue weighted by molar-refractivity contribution is 9.10. The number of rotatable bonds is 8. The molecule has 0 heterocycles. The molecule has 6 nitrogen and oxygen atoms in total. The summed E-state index contributed by atoms with van der Waals surface area (Å²) in [5, 5.41) is 14.2. The Hall–Kier alpha value is -2.12. The molecule has 2 rings (SSSR count).